The van der Waals surface area contributed by atoms with Gasteiger partial charge in [-0.25, -0.2) is 4.39 Å². The molecule has 4 heteroatoms. The largest absolute Gasteiger partial charge is 0.389 e. The summed E-state index contributed by atoms with van der Waals surface area (Å²) in [5.74, 6) is -0.352. The Morgan fingerprint density at radius 2 is 1.89 bits per heavy atom. The minimum atomic E-state index is -0.717. The number of hydrogen-bond donors (Lipinski definition) is 1. The van der Waals surface area contributed by atoms with Crippen LogP contribution < -0.4 is 0 Å². The second-order valence-electron chi connectivity index (χ2n) is 3.89. The molecule has 0 bridgehead atoms. The van der Waals surface area contributed by atoms with Crippen molar-refractivity contribution in [3.05, 3.63) is 58.9 Å². The zero-order valence-electron chi connectivity index (χ0n) is 9.73. The Labute approximate surface area is 115 Å². The summed E-state index contributed by atoms with van der Waals surface area (Å²) in [6.45, 7) is 1.62. The summed E-state index contributed by atoms with van der Waals surface area (Å²) in [4.78, 5) is 1.69. The Bertz CT molecular complexity index is 557. The van der Waals surface area contributed by atoms with E-state index in [4.69, 9.17) is 11.6 Å². The average Bonchev–Trinajstić information content (AvgIpc) is 2.34. The highest BCUT2D eigenvalue weighted by Crippen LogP contribution is 2.37. The summed E-state index contributed by atoms with van der Waals surface area (Å²) in [6, 6.07) is 11.8. The van der Waals surface area contributed by atoms with Crippen molar-refractivity contribution < 1.29 is 9.50 Å². The Morgan fingerprint density at radius 3 is 2.56 bits per heavy atom. The molecular weight excluding hydrogens is 271 g/mol. The zero-order chi connectivity index (χ0) is 13.1. The average molecular weight is 283 g/mol. The lowest BCUT2D eigenvalue weighted by molar-refractivity contribution is 0.196. The van der Waals surface area contributed by atoms with Crippen LogP contribution in [-0.4, -0.2) is 5.11 Å². The third-order valence-corrected chi connectivity index (χ3v) is 4.09. The molecule has 2 rings (SSSR count). The molecule has 1 nitrogen and oxygen atoms in total. The van der Waals surface area contributed by atoms with Gasteiger partial charge in [-0.1, -0.05) is 35.5 Å². The maximum atomic E-state index is 13.2. The molecule has 0 heterocycles. The molecule has 0 saturated heterocycles. The molecule has 2 aromatic rings. The van der Waals surface area contributed by atoms with Gasteiger partial charge in [0, 0.05) is 9.79 Å². The molecule has 0 amide bonds. The Morgan fingerprint density at radius 1 is 1.17 bits per heavy atom. The van der Waals surface area contributed by atoms with Gasteiger partial charge in [0.1, 0.15) is 5.82 Å². The lowest BCUT2D eigenvalue weighted by atomic mass is 10.1. The number of halogens is 2. The first-order chi connectivity index (χ1) is 8.58. The molecule has 0 aliphatic rings. The number of aliphatic hydroxyl groups excluding tert-OH is 1. The number of aliphatic hydroxyl groups is 1. The molecule has 0 aliphatic heterocycles. The molecule has 0 aromatic heterocycles. The van der Waals surface area contributed by atoms with Crippen molar-refractivity contribution in [2.24, 2.45) is 0 Å². The minimum Gasteiger partial charge on any atom is -0.389 e. The highest BCUT2D eigenvalue weighted by atomic mass is 35.5. The van der Waals surface area contributed by atoms with Crippen LogP contribution in [0.1, 0.15) is 18.6 Å². The van der Waals surface area contributed by atoms with Gasteiger partial charge in [0.2, 0.25) is 0 Å². The molecule has 18 heavy (non-hydrogen) atoms. The summed E-state index contributed by atoms with van der Waals surface area (Å²) < 4.78 is 13.2. The van der Waals surface area contributed by atoms with Crippen molar-refractivity contribution in [2.75, 3.05) is 0 Å². The van der Waals surface area contributed by atoms with Crippen LogP contribution in [-0.2, 0) is 0 Å². The van der Waals surface area contributed by atoms with E-state index in [0.29, 0.717) is 10.6 Å². The van der Waals surface area contributed by atoms with Crippen LogP contribution >= 0.6 is 23.4 Å². The lowest BCUT2D eigenvalue weighted by Crippen LogP contribution is -1.95. The maximum Gasteiger partial charge on any atom is 0.123 e. The van der Waals surface area contributed by atoms with Gasteiger partial charge >= 0.3 is 0 Å². The van der Waals surface area contributed by atoms with Crippen molar-refractivity contribution in [3.8, 4) is 0 Å². The SMILES string of the molecule is C[C@H](O)c1cc(F)ccc1Sc1ccccc1Cl. The molecule has 0 fully saturated rings. The quantitative estimate of drug-likeness (QED) is 0.882. The first kappa shape index (κ1) is 13.4. The third-order valence-electron chi connectivity index (χ3n) is 2.48. The van der Waals surface area contributed by atoms with Crippen LogP contribution in [0.25, 0.3) is 0 Å². The van der Waals surface area contributed by atoms with Gasteiger partial charge in [0.25, 0.3) is 0 Å². The second-order valence-corrected chi connectivity index (χ2v) is 5.38. The van der Waals surface area contributed by atoms with Crippen LogP contribution in [0.5, 0.6) is 0 Å². The standard InChI is InChI=1S/C14H12ClFOS/c1-9(17)11-8-10(16)6-7-13(11)18-14-5-3-2-4-12(14)15/h2-9,17H,1H3/t9-/m0/s1. The van der Waals surface area contributed by atoms with Gasteiger partial charge in [-0.2, -0.15) is 0 Å². The summed E-state index contributed by atoms with van der Waals surface area (Å²) in [5, 5.41) is 10.3. The molecule has 0 radical (unpaired) electrons. The van der Waals surface area contributed by atoms with Crippen molar-refractivity contribution in [1.29, 1.82) is 0 Å². The topological polar surface area (TPSA) is 20.2 Å². The Hall–Kier alpha value is -1.03. The fraction of sp³-hybridized carbons (Fsp3) is 0.143. The predicted molar refractivity (Wildman–Crippen MR) is 72.6 cm³/mol. The highest BCUT2D eigenvalue weighted by molar-refractivity contribution is 7.99. The van der Waals surface area contributed by atoms with Gasteiger partial charge in [0.15, 0.2) is 0 Å². The van der Waals surface area contributed by atoms with Gasteiger partial charge in [-0.15, -0.1) is 0 Å². The maximum absolute atomic E-state index is 13.2. The molecule has 0 aliphatic carbocycles. The molecule has 2 aromatic carbocycles. The monoisotopic (exact) mass is 282 g/mol. The first-order valence-corrected chi connectivity index (χ1v) is 6.67. The Balaban J connectivity index is 2.37. The van der Waals surface area contributed by atoms with Crippen molar-refractivity contribution in [1.82, 2.24) is 0 Å². The van der Waals surface area contributed by atoms with E-state index in [1.54, 1.807) is 19.1 Å². The van der Waals surface area contributed by atoms with E-state index < -0.39 is 6.10 Å². The molecule has 0 saturated carbocycles. The third kappa shape index (κ3) is 3.05. The van der Waals surface area contributed by atoms with E-state index in [1.165, 1.54) is 23.9 Å². The number of benzene rings is 2. The molecule has 0 unspecified atom stereocenters. The van der Waals surface area contributed by atoms with E-state index >= 15 is 0 Å². The van der Waals surface area contributed by atoms with Crippen molar-refractivity contribution >= 4 is 23.4 Å². The van der Waals surface area contributed by atoms with Gasteiger partial charge in [-0.3, -0.25) is 0 Å². The zero-order valence-corrected chi connectivity index (χ0v) is 11.3. The van der Waals surface area contributed by atoms with Gasteiger partial charge in [0.05, 0.1) is 11.1 Å². The summed E-state index contributed by atoms with van der Waals surface area (Å²) in [7, 11) is 0. The minimum absolute atomic E-state index is 0.352. The van der Waals surface area contributed by atoms with Crippen LogP contribution in [0.3, 0.4) is 0 Å². The smallest absolute Gasteiger partial charge is 0.123 e. The van der Waals surface area contributed by atoms with E-state index in [0.717, 1.165) is 9.79 Å². The summed E-state index contributed by atoms with van der Waals surface area (Å²) in [5.41, 5.74) is 0.569. The van der Waals surface area contributed by atoms with E-state index in [2.05, 4.69) is 0 Å². The number of hydrogen-bond acceptors (Lipinski definition) is 2. The fourth-order valence-corrected chi connectivity index (χ4v) is 2.87. The van der Waals surface area contributed by atoms with Gasteiger partial charge in [-0.05, 0) is 42.8 Å². The van der Waals surface area contributed by atoms with E-state index in [9.17, 15) is 9.50 Å². The van der Waals surface area contributed by atoms with Crippen molar-refractivity contribution in [2.45, 2.75) is 22.8 Å². The lowest BCUT2D eigenvalue weighted by Gasteiger charge is -2.12. The first-order valence-electron chi connectivity index (χ1n) is 5.48. The molecule has 0 spiro atoms. The second kappa shape index (κ2) is 5.74. The number of rotatable bonds is 3. The predicted octanol–water partition coefficient (Wildman–Crippen LogP) is 4.68. The van der Waals surface area contributed by atoms with Crippen LogP contribution in [0, 0.1) is 5.82 Å². The van der Waals surface area contributed by atoms with E-state index in [1.807, 2.05) is 18.2 Å². The molecule has 1 atom stereocenters. The van der Waals surface area contributed by atoms with Crippen molar-refractivity contribution in [3.63, 3.8) is 0 Å². The van der Waals surface area contributed by atoms with Crippen LogP contribution in [0.4, 0.5) is 4.39 Å². The fourth-order valence-electron chi connectivity index (χ4n) is 1.58. The van der Waals surface area contributed by atoms with E-state index in [-0.39, 0.29) is 5.82 Å². The molecular formula is C14H12ClFOS. The Kier molecular flexibility index (Phi) is 4.27. The molecule has 1 N–H and O–H groups in total. The van der Waals surface area contributed by atoms with Crippen LogP contribution in [0.2, 0.25) is 5.02 Å². The molecule has 94 valence electrons. The normalized spacial score (nSPS) is 12.4. The summed E-state index contributed by atoms with van der Waals surface area (Å²) in [6.07, 6.45) is -0.717. The highest BCUT2D eigenvalue weighted by Gasteiger charge is 2.11. The van der Waals surface area contributed by atoms with Crippen LogP contribution in [0.15, 0.2) is 52.3 Å². The van der Waals surface area contributed by atoms with Gasteiger partial charge < -0.3 is 5.11 Å². The summed E-state index contributed by atoms with van der Waals surface area (Å²) >= 11 is 7.50.